The van der Waals surface area contributed by atoms with Crippen molar-refractivity contribution in [3.05, 3.63) is 44.6 Å². The van der Waals surface area contributed by atoms with Crippen LogP contribution in [0, 0.1) is 0 Å². The van der Waals surface area contributed by atoms with E-state index in [1.54, 1.807) is 0 Å². The van der Waals surface area contributed by atoms with Crippen molar-refractivity contribution in [2.24, 2.45) is 7.05 Å². The minimum atomic E-state index is 0.424. The van der Waals surface area contributed by atoms with E-state index in [0.717, 1.165) is 33.6 Å². The third-order valence-corrected chi connectivity index (χ3v) is 4.87. The third kappa shape index (κ3) is 3.21. The second kappa shape index (κ2) is 6.96. The fourth-order valence-corrected chi connectivity index (χ4v) is 3.36. The maximum Gasteiger partial charge on any atom is 0.142 e. The van der Waals surface area contributed by atoms with Crippen molar-refractivity contribution in [2.45, 2.75) is 25.3 Å². The van der Waals surface area contributed by atoms with Gasteiger partial charge in [-0.1, -0.05) is 46.6 Å². The number of para-hydroxylation sites is 1. The first-order valence-corrected chi connectivity index (χ1v) is 8.54. The van der Waals surface area contributed by atoms with E-state index in [9.17, 15) is 0 Å². The van der Waals surface area contributed by atoms with Crippen LogP contribution in [0.3, 0.4) is 0 Å². The summed E-state index contributed by atoms with van der Waals surface area (Å²) < 4.78 is 8.76. The highest BCUT2D eigenvalue weighted by atomic mass is 79.9. The van der Waals surface area contributed by atoms with Gasteiger partial charge in [-0.2, -0.15) is 5.10 Å². The predicted octanol–water partition coefficient (Wildman–Crippen LogP) is 4.87. The summed E-state index contributed by atoms with van der Waals surface area (Å²) in [6.07, 6.45) is 0.882. The summed E-state index contributed by atoms with van der Waals surface area (Å²) in [7, 11) is 1.92. The van der Waals surface area contributed by atoms with Crippen molar-refractivity contribution in [1.82, 2.24) is 9.78 Å². The van der Waals surface area contributed by atoms with Gasteiger partial charge in [0.25, 0.3) is 0 Å². The summed E-state index contributed by atoms with van der Waals surface area (Å²) in [6.45, 7) is 2.50. The van der Waals surface area contributed by atoms with Crippen LogP contribution in [-0.4, -0.2) is 9.78 Å². The van der Waals surface area contributed by atoms with E-state index in [1.165, 1.54) is 0 Å². The van der Waals surface area contributed by atoms with E-state index in [1.807, 2.05) is 29.9 Å². The highest BCUT2D eigenvalue weighted by Crippen LogP contribution is 2.32. The van der Waals surface area contributed by atoms with Crippen LogP contribution in [0.25, 0.3) is 0 Å². The monoisotopic (exact) mass is 420 g/mol. The molecule has 2 aromatic rings. The van der Waals surface area contributed by atoms with Crippen LogP contribution in [0.2, 0.25) is 5.02 Å². The van der Waals surface area contributed by atoms with Gasteiger partial charge in [0.2, 0.25) is 0 Å². The standard InChI is InChI=1S/C14H15Br2ClN2O/c1-3-11-13(16)12(19(2)18-11)8-20-14-9(7-15)5-4-6-10(14)17/h4-6H,3,7-8H2,1-2H3. The van der Waals surface area contributed by atoms with Crippen LogP contribution in [0.4, 0.5) is 0 Å². The van der Waals surface area contributed by atoms with Gasteiger partial charge in [-0.25, -0.2) is 0 Å². The van der Waals surface area contributed by atoms with Crippen LogP contribution in [0.1, 0.15) is 23.9 Å². The maximum atomic E-state index is 6.21. The molecule has 3 nitrogen and oxygen atoms in total. The molecule has 0 saturated heterocycles. The summed E-state index contributed by atoms with van der Waals surface area (Å²) in [4.78, 5) is 0. The summed E-state index contributed by atoms with van der Waals surface area (Å²) in [5, 5.41) is 5.78. The molecule has 2 rings (SSSR count). The minimum absolute atomic E-state index is 0.424. The van der Waals surface area contributed by atoms with Crippen LogP contribution >= 0.6 is 43.5 Å². The molecule has 0 spiro atoms. The zero-order valence-electron chi connectivity index (χ0n) is 11.3. The first-order valence-electron chi connectivity index (χ1n) is 6.24. The number of aryl methyl sites for hydroxylation is 2. The number of alkyl halides is 1. The SMILES string of the molecule is CCc1nn(C)c(COc2c(Cl)cccc2CBr)c1Br. The van der Waals surface area contributed by atoms with E-state index in [4.69, 9.17) is 16.3 Å². The van der Waals surface area contributed by atoms with Gasteiger partial charge in [-0.3, -0.25) is 4.68 Å². The van der Waals surface area contributed by atoms with Gasteiger partial charge in [-0.05, 0) is 28.4 Å². The fourth-order valence-electron chi connectivity index (χ4n) is 1.94. The number of benzene rings is 1. The van der Waals surface area contributed by atoms with Gasteiger partial charge in [0, 0.05) is 17.9 Å². The van der Waals surface area contributed by atoms with Gasteiger partial charge in [-0.15, -0.1) is 0 Å². The minimum Gasteiger partial charge on any atom is -0.485 e. The number of aromatic nitrogens is 2. The van der Waals surface area contributed by atoms with E-state index < -0.39 is 0 Å². The number of halogens is 3. The topological polar surface area (TPSA) is 27.1 Å². The van der Waals surface area contributed by atoms with Gasteiger partial charge < -0.3 is 4.74 Å². The molecule has 0 fully saturated rings. The van der Waals surface area contributed by atoms with Crippen molar-refractivity contribution < 1.29 is 4.74 Å². The first-order chi connectivity index (χ1) is 9.58. The van der Waals surface area contributed by atoms with Crippen LogP contribution in [0.15, 0.2) is 22.7 Å². The van der Waals surface area contributed by atoms with Crippen LogP contribution < -0.4 is 4.74 Å². The Morgan fingerprint density at radius 3 is 2.75 bits per heavy atom. The van der Waals surface area contributed by atoms with Crippen molar-refractivity contribution >= 4 is 43.5 Å². The molecule has 0 aliphatic carbocycles. The molecule has 0 saturated carbocycles. The average Bonchev–Trinajstić information content (AvgIpc) is 2.72. The largest absolute Gasteiger partial charge is 0.485 e. The number of nitrogens with zero attached hydrogens (tertiary/aromatic N) is 2. The Kier molecular flexibility index (Phi) is 5.52. The summed E-state index contributed by atoms with van der Waals surface area (Å²) in [5.74, 6) is 0.720. The molecule has 108 valence electrons. The molecule has 0 aliphatic heterocycles. The molecule has 0 bridgehead atoms. The molecular formula is C14H15Br2ClN2O. The average molecular weight is 423 g/mol. The Labute approximate surface area is 140 Å². The molecule has 1 aromatic carbocycles. The molecule has 0 N–H and O–H groups in total. The van der Waals surface area contributed by atoms with E-state index in [0.29, 0.717) is 17.0 Å². The lowest BCUT2D eigenvalue weighted by Crippen LogP contribution is -2.05. The molecule has 0 unspecified atom stereocenters. The molecule has 20 heavy (non-hydrogen) atoms. The van der Waals surface area contributed by atoms with Crippen molar-refractivity contribution in [1.29, 1.82) is 0 Å². The lowest BCUT2D eigenvalue weighted by molar-refractivity contribution is 0.292. The van der Waals surface area contributed by atoms with Crippen LogP contribution in [-0.2, 0) is 25.4 Å². The number of hydrogen-bond acceptors (Lipinski definition) is 2. The van der Waals surface area contributed by atoms with Crippen LogP contribution in [0.5, 0.6) is 5.75 Å². The normalized spacial score (nSPS) is 10.8. The lowest BCUT2D eigenvalue weighted by atomic mass is 10.2. The Morgan fingerprint density at radius 2 is 2.15 bits per heavy atom. The molecule has 0 radical (unpaired) electrons. The van der Waals surface area contributed by atoms with Crippen molar-refractivity contribution in [2.75, 3.05) is 0 Å². The molecule has 0 amide bonds. The third-order valence-electron chi connectivity index (χ3n) is 3.05. The second-order valence-electron chi connectivity index (χ2n) is 4.33. The summed E-state index contributed by atoms with van der Waals surface area (Å²) >= 11 is 13.2. The van der Waals surface area contributed by atoms with Gasteiger partial charge in [0.05, 0.1) is 20.9 Å². The molecule has 0 atom stereocenters. The van der Waals surface area contributed by atoms with E-state index >= 15 is 0 Å². The lowest BCUT2D eigenvalue weighted by Gasteiger charge is -2.12. The smallest absolute Gasteiger partial charge is 0.142 e. The maximum absolute atomic E-state index is 6.21. The van der Waals surface area contributed by atoms with E-state index in [-0.39, 0.29) is 0 Å². The Hall–Kier alpha value is -0.520. The van der Waals surface area contributed by atoms with Crippen molar-refractivity contribution in [3.63, 3.8) is 0 Å². The summed E-state index contributed by atoms with van der Waals surface area (Å²) in [5.41, 5.74) is 3.07. The predicted molar refractivity (Wildman–Crippen MR) is 88.7 cm³/mol. The molecule has 6 heteroatoms. The Balaban J connectivity index is 2.23. The van der Waals surface area contributed by atoms with E-state index in [2.05, 4.69) is 43.9 Å². The number of hydrogen-bond donors (Lipinski definition) is 0. The molecular weight excluding hydrogens is 407 g/mol. The van der Waals surface area contributed by atoms with Gasteiger partial charge in [0.15, 0.2) is 0 Å². The molecule has 1 aromatic heterocycles. The number of rotatable bonds is 5. The quantitative estimate of drug-likeness (QED) is 0.643. The molecule has 1 heterocycles. The Morgan fingerprint density at radius 1 is 1.40 bits per heavy atom. The highest BCUT2D eigenvalue weighted by molar-refractivity contribution is 9.10. The van der Waals surface area contributed by atoms with Crippen molar-refractivity contribution in [3.8, 4) is 5.75 Å². The Bertz CT molecular complexity index is 613. The molecule has 0 aliphatic rings. The zero-order chi connectivity index (χ0) is 14.7. The van der Waals surface area contributed by atoms with Gasteiger partial charge in [0.1, 0.15) is 12.4 Å². The zero-order valence-corrected chi connectivity index (χ0v) is 15.2. The number of ether oxygens (including phenoxy) is 1. The summed E-state index contributed by atoms with van der Waals surface area (Å²) in [6, 6.07) is 5.74. The first kappa shape index (κ1) is 15.9. The van der Waals surface area contributed by atoms with Gasteiger partial charge >= 0.3 is 0 Å². The fraction of sp³-hybridized carbons (Fsp3) is 0.357. The highest BCUT2D eigenvalue weighted by Gasteiger charge is 2.15. The second-order valence-corrected chi connectivity index (χ2v) is 6.10.